The fourth-order valence-electron chi connectivity index (χ4n) is 6.00. The van der Waals surface area contributed by atoms with Gasteiger partial charge in [-0.1, -0.05) is 62.1 Å². The standard InChI is InChI=1S/C26H33N3O/c1-20-11-12-23-24(19-20)29(25(30)27-23)22-13-17-28(18-14-22)26(15-7-2-3-8-16-26)21-9-5-4-6-10-21/h4-6,9-12,19,22H,2-3,7-8,13-18H2,1H3,(H,27,30). The molecule has 0 atom stereocenters. The van der Waals surface area contributed by atoms with Gasteiger partial charge in [0, 0.05) is 24.7 Å². The Morgan fingerprint density at radius 3 is 2.33 bits per heavy atom. The largest absolute Gasteiger partial charge is 0.326 e. The average molecular weight is 404 g/mol. The molecule has 30 heavy (non-hydrogen) atoms. The number of hydrogen-bond donors (Lipinski definition) is 1. The molecular weight excluding hydrogens is 370 g/mol. The van der Waals surface area contributed by atoms with Gasteiger partial charge in [0.1, 0.15) is 0 Å². The summed E-state index contributed by atoms with van der Waals surface area (Å²) in [7, 11) is 0. The lowest BCUT2D eigenvalue weighted by atomic mass is 9.79. The Kier molecular flexibility index (Phi) is 5.28. The Labute approximate surface area is 178 Å². The number of rotatable bonds is 3. The molecule has 4 nitrogen and oxygen atoms in total. The first-order valence-corrected chi connectivity index (χ1v) is 11.7. The molecule has 1 aromatic heterocycles. The topological polar surface area (TPSA) is 41.0 Å². The molecule has 5 rings (SSSR count). The maximum atomic E-state index is 12.8. The summed E-state index contributed by atoms with van der Waals surface area (Å²) in [4.78, 5) is 18.6. The van der Waals surface area contributed by atoms with Gasteiger partial charge < -0.3 is 4.98 Å². The highest BCUT2D eigenvalue weighted by atomic mass is 16.1. The molecule has 0 unspecified atom stereocenters. The van der Waals surface area contributed by atoms with Crippen LogP contribution in [0.15, 0.2) is 53.3 Å². The van der Waals surface area contributed by atoms with Crippen LogP contribution < -0.4 is 5.69 Å². The predicted molar refractivity (Wildman–Crippen MR) is 123 cm³/mol. The Morgan fingerprint density at radius 2 is 1.63 bits per heavy atom. The molecule has 1 N–H and O–H groups in total. The first-order chi connectivity index (χ1) is 14.7. The van der Waals surface area contributed by atoms with Crippen molar-refractivity contribution in [3.8, 4) is 0 Å². The zero-order valence-corrected chi connectivity index (χ0v) is 18.1. The van der Waals surface area contributed by atoms with Crippen LogP contribution in [0.1, 0.15) is 68.5 Å². The molecule has 2 aliphatic rings. The summed E-state index contributed by atoms with van der Waals surface area (Å²) in [5.41, 5.74) is 4.92. The van der Waals surface area contributed by atoms with Gasteiger partial charge in [0.05, 0.1) is 11.0 Å². The Hall–Kier alpha value is -2.33. The molecule has 158 valence electrons. The second-order valence-electron chi connectivity index (χ2n) is 9.35. The van der Waals surface area contributed by atoms with Crippen molar-refractivity contribution >= 4 is 11.0 Å². The maximum Gasteiger partial charge on any atom is 0.326 e. The third-order valence-corrected chi connectivity index (χ3v) is 7.55. The van der Waals surface area contributed by atoms with Crippen molar-refractivity contribution in [3.63, 3.8) is 0 Å². The third kappa shape index (κ3) is 3.41. The molecule has 4 heteroatoms. The van der Waals surface area contributed by atoms with Gasteiger partial charge in [-0.2, -0.15) is 0 Å². The Bertz CT molecular complexity index is 1050. The van der Waals surface area contributed by atoms with Gasteiger partial charge in [0.2, 0.25) is 0 Å². The highest BCUT2D eigenvalue weighted by Crippen LogP contribution is 2.43. The predicted octanol–water partition coefficient (Wildman–Crippen LogP) is 5.52. The zero-order chi connectivity index (χ0) is 20.6. The SMILES string of the molecule is Cc1ccc2[nH]c(=O)n(C3CCN(C4(c5ccccc5)CCCCCC4)CC3)c2c1. The highest BCUT2D eigenvalue weighted by Gasteiger charge is 2.40. The minimum Gasteiger partial charge on any atom is -0.306 e. The first kappa shape index (κ1) is 19.6. The number of imidazole rings is 1. The van der Waals surface area contributed by atoms with Crippen molar-refractivity contribution in [1.29, 1.82) is 0 Å². The van der Waals surface area contributed by atoms with E-state index in [2.05, 4.69) is 59.3 Å². The van der Waals surface area contributed by atoms with Crippen LogP contribution in [0.25, 0.3) is 11.0 Å². The van der Waals surface area contributed by atoms with Crippen LogP contribution in [0.4, 0.5) is 0 Å². The number of fused-ring (bicyclic) bond motifs is 1. The number of nitrogens with zero attached hydrogens (tertiary/aromatic N) is 2. The van der Waals surface area contributed by atoms with Crippen molar-refractivity contribution in [2.45, 2.75) is 69.9 Å². The number of aromatic nitrogens is 2. The van der Waals surface area contributed by atoms with Crippen LogP contribution in [-0.2, 0) is 5.54 Å². The molecule has 2 fully saturated rings. The highest BCUT2D eigenvalue weighted by molar-refractivity contribution is 5.76. The van der Waals surface area contributed by atoms with Crippen molar-refractivity contribution < 1.29 is 0 Å². The van der Waals surface area contributed by atoms with Crippen molar-refractivity contribution in [3.05, 3.63) is 70.1 Å². The van der Waals surface area contributed by atoms with Gasteiger partial charge in [-0.05, 0) is 55.9 Å². The Morgan fingerprint density at radius 1 is 0.933 bits per heavy atom. The van der Waals surface area contributed by atoms with Crippen molar-refractivity contribution in [1.82, 2.24) is 14.5 Å². The minimum atomic E-state index is 0.0429. The number of H-pyrrole nitrogens is 1. The normalized spacial score (nSPS) is 21.0. The number of aromatic amines is 1. The third-order valence-electron chi connectivity index (χ3n) is 7.55. The molecule has 3 aromatic rings. The van der Waals surface area contributed by atoms with E-state index in [9.17, 15) is 4.79 Å². The number of likely N-dealkylation sites (tertiary alicyclic amines) is 1. The van der Waals surface area contributed by atoms with E-state index in [1.165, 1.54) is 49.7 Å². The van der Waals surface area contributed by atoms with Crippen molar-refractivity contribution in [2.24, 2.45) is 0 Å². The van der Waals surface area contributed by atoms with Crippen LogP contribution in [-0.4, -0.2) is 27.5 Å². The van der Waals surface area contributed by atoms with Gasteiger partial charge in [-0.3, -0.25) is 9.47 Å². The van der Waals surface area contributed by atoms with Gasteiger partial charge in [0.15, 0.2) is 0 Å². The van der Waals surface area contributed by atoms with E-state index in [1.54, 1.807) is 0 Å². The Balaban J connectivity index is 1.43. The lowest BCUT2D eigenvalue weighted by Gasteiger charge is -2.47. The number of aryl methyl sites for hydroxylation is 1. The molecule has 1 saturated carbocycles. The molecule has 0 amide bonds. The van der Waals surface area contributed by atoms with Crippen LogP contribution in [0.3, 0.4) is 0 Å². The summed E-state index contributed by atoms with van der Waals surface area (Å²) in [6.07, 6.45) is 9.93. The minimum absolute atomic E-state index is 0.0429. The summed E-state index contributed by atoms with van der Waals surface area (Å²) in [6.45, 7) is 4.22. The molecular formula is C26H33N3O. The monoisotopic (exact) mass is 403 g/mol. The fourth-order valence-corrected chi connectivity index (χ4v) is 6.00. The second-order valence-corrected chi connectivity index (χ2v) is 9.35. The van der Waals surface area contributed by atoms with Gasteiger partial charge >= 0.3 is 5.69 Å². The van der Waals surface area contributed by atoms with E-state index in [1.807, 2.05) is 10.6 Å². The quantitative estimate of drug-likeness (QED) is 0.585. The molecule has 1 aliphatic carbocycles. The van der Waals surface area contributed by atoms with Crippen molar-refractivity contribution in [2.75, 3.05) is 13.1 Å². The van der Waals surface area contributed by atoms with E-state index in [4.69, 9.17) is 0 Å². The summed E-state index contributed by atoms with van der Waals surface area (Å²) >= 11 is 0. The molecule has 0 bridgehead atoms. The lowest BCUT2D eigenvalue weighted by Crippen LogP contribution is -2.50. The van der Waals surface area contributed by atoms with E-state index in [-0.39, 0.29) is 17.3 Å². The first-order valence-electron chi connectivity index (χ1n) is 11.7. The number of hydrogen-bond acceptors (Lipinski definition) is 2. The number of piperidine rings is 1. The average Bonchev–Trinajstić information content (AvgIpc) is 2.93. The van der Waals surface area contributed by atoms with Gasteiger partial charge in [0.25, 0.3) is 0 Å². The van der Waals surface area contributed by atoms with Crippen LogP contribution in [0.2, 0.25) is 0 Å². The van der Waals surface area contributed by atoms with Crippen LogP contribution in [0, 0.1) is 6.92 Å². The number of benzene rings is 2. The fraction of sp³-hybridized carbons (Fsp3) is 0.500. The molecule has 1 aliphatic heterocycles. The van der Waals surface area contributed by atoms with E-state index in [0.717, 1.165) is 37.0 Å². The molecule has 0 radical (unpaired) electrons. The molecule has 2 aromatic carbocycles. The smallest absolute Gasteiger partial charge is 0.306 e. The lowest BCUT2D eigenvalue weighted by molar-refractivity contribution is 0.0356. The van der Waals surface area contributed by atoms with E-state index < -0.39 is 0 Å². The van der Waals surface area contributed by atoms with Crippen LogP contribution in [0.5, 0.6) is 0 Å². The van der Waals surface area contributed by atoms with Gasteiger partial charge in [-0.15, -0.1) is 0 Å². The molecule has 1 saturated heterocycles. The molecule has 2 heterocycles. The molecule has 0 spiro atoms. The number of nitrogens with one attached hydrogen (secondary N) is 1. The van der Waals surface area contributed by atoms with E-state index in [0.29, 0.717) is 0 Å². The van der Waals surface area contributed by atoms with Crippen LogP contribution >= 0.6 is 0 Å². The summed E-state index contributed by atoms with van der Waals surface area (Å²) in [6, 6.07) is 17.7. The summed E-state index contributed by atoms with van der Waals surface area (Å²) in [5, 5.41) is 0. The maximum absolute atomic E-state index is 12.8. The second kappa shape index (κ2) is 8.07. The summed E-state index contributed by atoms with van der Waals surface area (Å²) < 4.78 is 2.03. The van der Waals surface area contributed by atoms with E-state index >= 15 is 0 Å². The summed E-state index contributed by atoms with van der Waals surface area (Å²) in [5.74, 6) is 0. The zero-order valence-electron chi connectivity index (χ0n) is 18.1. The van der Waals surface area contributed by atoms with Gasteiger partial charge in [-0.25, -0.2) is 4.79 Å².